The van der Waals surface area contributed by atoms with Gasteiger partial charge >= 0.3 is 0 Å². The van der Waals surface area contributed by atoms with Gasteiger partial charge < -0.3 is 4.90 Å². The van der Waals surface area contributed by atoms with Crippen molar-refractivity contribution in [2.75, 3.05) is 37.3 Å². The van der Waals surface area contributed by atoms with Crippen molar-refractivity contribution in [2.24, 2.45) is 5.92 Å². The molecule has 1 aromatic heterocycles. The van der Waals surface area contributed by atoms with Crippen molar-refractivity contribution in [1.29, 1.82) is 0 Å². The second kappa shape index (κ2) is 7.24. The van der Waals surface area contributed by atoms with Gasteiger partial charge in [0.2, 0.25) is 0 Å². The number of fused-ring (bicyclic) bond motifs is 1. The van der Waals surface area contributed by atoms with E-state index < -0.39 is 20.3 Å². The molecule has 4 rings (SSSR count). The third kappa shape index (κ3) is 3.81. The topological polar surface area (TPSA) is 114 Å². The van der Waals surface area contributed by atoms with Gasteiger partial charge in [-0.25, -0.2) is 8.42 Å². The summed E-state index contributed by atoms with van der Waals surface area (Å²) in [4.78, 5) is 32.2. The lowest BCUT2D eigenvalue weighted by atomic mass is 10.1. The highest BCUT2D eigenvalue weighted by Gasteiger charge is 2.51. The summed E-state index contributed by atoms with van der Waals surface area (Å²) >= 11 is 1.09. The zero-order chi connectivity index (χ0) is 21.8. The van der Waals surface area contributed by atoms with E-state index in [1.807, 2.05) is 4.90 Å². The van der Waals surface area contributed by atoms with Crippen molar-refractivity contribution in [3.8, 4) is 0 Å². The molecule has 30 heavy (non-hydrogen) atoms. The highest BCUT2D eigenvalue weighted by Crippen LogP contribution is 2.46. The third-order valence-electron chi connectivity index (χ3n) is 5.77. The molecular weight excluding hydrogens is 428 g/mol. The summed E-state index contributed by atoms with van der Waals surface area (Å²) in [6.45, 7) is 7.70. The van der Waals surface area contributed by atoms with Gasteiger partial charge in [0.1, 0.15) is 4.70 Å². The van der Waals surface area contributed by atoms with Gasteiger partial charge in [-0.05, 0) is 24.8 Å². The highest BCUT2D eigenvalue weighted by atomic mass is 32.2. The number of hydrogen-bond donors (Lipinski definition) is 0. The minimum absolute atomic E-state index is 0.0297. The Morgan fingerprint density at radius 1 is 1.30 bits per heavy atom. The molecule has 162 valence electrons. The van der Waals surface area contributed by atoms with Gasteiger partial charge in [0.15, 0.2) is 15.0 Å². The first-order valence-electron chi connectivity index (χ1n) is 9.83. The van der Waals surface area contributed by atoms with E-state index in [2.05, 4.69) is 23.7 Å². The summed E-state index contributed by atoms with van der Waals surface area (Å²) in [5.41, 5.74) is -0.916. The predicted molar refractivity (Wildman–Crippen MR) is 116 cm³/mol. The lowest BCUT2D eigenvalue weighted by Gasteiger charge is -2.43. The minimum atomic E-state index is -3.70. The molecule has 1 aliphatic heterocycles. The molecule has 11 heteroatoms. The lowest BCUT2D eigenvalue weighted by Crippen LogP contribution is -2.56. The first kappa shape index (κ1) is 21.1. The van der Waals surface area contributed by atoms with Gasteiger partial charge in [-0.3, -0.25) is 19.8 Å². The fourth-order valence-corrected chi connectivity index (χ4v) is 5.87. The quantitative estimate of drug-likeness (QED) is 0.501. The van der Waals surface area contributed by atoms with Crippen LogP contribution in [0.2, 0.25) is 0 Å². The average Bonchev–Trinajstić information content (AvgIpc) is 3.41. The number of nitro benzene ring substituents is 1. The van der Waals surface area contributed by atoms with Crippen LogP contribution in [0.5, 0.6) is 0 Å². The van der Waals surface area contributed by atoms with Crippen LogP contribution in [-0.4, -0.2) is 61.2 Å². The summed E-state index contributed by atoms with van der Waals surface area (Å²) in [5.74, 6) is 0.565. The van der Waals surface area contributed by atoms with E-state index in [0.717, 1.165) is 56.1 Å². The van der Waals surface area contributed by atoms with Crippen LogP contribution in [0.3, 0.4) is 0 Å². The third-order valence-corrected chi connectivity index (χ3v) is 8.02. The Hall–Kier alpha value is -2.11. The predicted octanol–water partition coefficient (Wildman–Crippen LogP) is 2.28. The molecule has 1 saturated heterocycles. The van der Waals surface area contributed by atoms with Crippen LogP contribution >= 0.6 is 11.3 Å². The Morgan fingerprint density at radius 3 is 2.57 bits per heavy atom. The summed E-state index contributed by atoms with van der Waals surface area (Å²) in [6, 6.07) is 2.22. The Bertz CT molecular complexity index is 1190. The van der Waals surface area contributed by atoms with Crippen molar-refractivity contribution in [2.45, 2.75) is 37.1 Å². The molecule has 0 unspecified atom stereocenters. The van der Waals surface area contributed by atoms with E-state index in [9.17, 15) is 23.3 Å². The maximum absolute atomic E-state index is 12.7. The second-order valence-corrected chi connectivity index (χ2v) is 11.6. The zero-order valence-electron chi connectivity index (χ0n) is 17.1. The van der Waals surface area contributed by atoms with Crippen LogP contribution in [0.4, 0.5) is 10.8 Å². The molecule has 0 radical (unpaired) electrons. The standard InChI is InChI=1S/C19H24N4O5S2/c1-12(2)10-22-7-6-21(11-19(22)4-5-19)18-20-17(24)14-8-13(30(3,27)28)9-15(23(25)26)16(14)29-18/h8-9,12H,4-7,10-11H2,1-3H3. The molecule has 1 aromatic carbocycles. The number of benzene rings is 1. The van der Waals surface area contributed by atoms with Crippen molar-refractivity contribution in [3.63, 3.8) is 0 Å². The van der Waals surface area contributed by atoms with E-state index in [4.69, 9.17) is 0 Å². The molecule has 1 saturated carbocycles. The molecule has 0 amide bonds. The number of rotatable bonds is 5. The lowest BCUT2D eigenvalue weighted by molar-refractivity contribution is -0.383. The van der Waals surface area contributed by atoms with E-state index in [1.54, 1.807) is 0 Å². The van der Waals surface area contributed by atoms with Crippen molar-refractivity contribution < 1.29 is 13.3 Å². The Morgan fingerprint density at radius 2 is 2.00 bits per heavy atom. The molecule has 2 fully saturated rings. The first-order valence-corrected chi connectivity index (χ1v) is 12.5. The van der Waals surface area contributed by atoms with Gasteiger partial charge in [-0.1, -0.05) is 25.2 Å². The summed E-state index contributed by atoms with van der Waals surface area (Å²) < 4.78 is 24.0. The molecule has 2 aromatic rings. The van der Waals surface area contributed by atoms with Crippen molar-refractivity contribution >= 4 is 42.1 Å². The largest absolute Gasteiger partial charge is 0.345 e. The number of hydrogen-bond acceptors (Lipinski definition) is 9. The monoisotopic (exact) mass is 452 g/mol. The van der Waals surface area contributed by atoms with E-state index >= 15 is 0 Å². The van der Waals surface area contributed by atoms with E-state index in [1.165, 1.54) is 6.07 Å². The van der Waals surface area contributed by atoms with Gasteiger partial charge in [0.05, 0.1) is 15.2 Å². The van der Waals surface area contributed by atoms with Gasteiger partial charge in [-0.15, -0.1) is 0 Å². The van der Waals surface area contributed by atoms with Crippen LogP contribution in [0, 0.1) is 16.0 Å². The molecular formula is C19H24N4O5S2. The minimum Gasteiger partial charge on any atom is -0.345 e. The maximum Gasteiger partial charge on any atom is 0.288 e. The van der Waals surface area contributed by atoms with Crippen molar-refractivity contribution in [1.82, 2.24) is 9.88 Å². The zero-order valence-corrected chi connectivity index (χ0v) is 18.8. The van der Waals surface area contributed by atoms with Crippen LogP contribution in [0.25, 0.3) is 10.1 Å². The number of nitro groups is 1. The highest BCUT2D eigenvalue weighted by molar-refractivity contribution is 7.90. The molecule has 9 nitrogen and oxygen atoms in total. The van der Waals surface area contributed by atoms with Crippen LogP contribution in [-0.2, 0) is 9.84 Å². The Labute approximate surface area is 178 Å². The SMILES string of the molecule is CC(C)CN1CCN(c2nc(=O)c3cc(S(C)(=O)=O)cc([N+](=O)[O-])c3s2)CC12CC2. The molecule has 0 N–H and O–H groups in total. The van der Waals surface area contributed by atoms with Crippen LogP contribution in [0.1, 0.15) is 26.7 Å². The van der Waals surface area contributed by atoms with Crippen LogP contribution in [0.15, 0.2) is 21.8 Å². The fourth-order valence-electron chi connectivity index (χ4n) is 4.12. The number of nitrogens with zero attached hydrogens (tertiary/aromatic N) is 4. The molecule has 0 bridgehead atoms. The number of aromatic nitrogens is 1. The number of non-ortho nitro benzene ring substituents is 1. The molecule has 1 aliphatic carbocycles. The summed E-state index contributed by atoms with van der Waals surface area (Å²) in [6.07, 6.45) is 3.15. The van der Waals surface area contributed by atoms with E-state index in [-0.39, 0.29) is 26.2 Å². The Balaban J connectivity index is 1.76. The second-order valence-electron chi connectivity index (χ2n) is 8.64. The van der Waals surface area contributed by atoms with Crippen LogP contribution < -0.4 is 10.5 Å². The molecule has 0 atom stereocenters. The summed E-state index contributed by atoms with van der Waals surface area (Å²) in [7, 11) is -3.70. The number of anilines is 1. The Kier molecular flexibility index (Phi) is 5.10. The van der Waals surface area contributed by atoms with Gasteiger partial charge in [-0.2, -0.15) is 4.98 Å². The number of piperazine rings is 1. The normalized spacial score (nSPS) is 19.0. The number of sulfone groups is 1. The maximum atomic E-state index is 12.7. The molecule has 2 aliphatic rings. The average molecular weight is 453 g/mol. The molecule has 1 spiro atoms. The van der Waals surface area contributed by atoms with E-state index in [0.29, 0.717) is 17.6 Å². The summed E-state index contributed by atoms with van der Waals surface area (Å²) in [5, 5.41) is 12.1. The molecule has 2 heterocycles. The first-order chi connectivity index (χ1) is 14.0. The van der Waals surface area contributed by atoms with Gasteiger partial charge in [0, 0.05) is 44.0 Å². The fraction of sp³-hybridized carbons (Fsp3) is 0.579. The van der Waals surface area contributed by atoms with Crippen molar-refractivity contribution in [3.05, 3.63) is 32.6 Å². The smallest absolute Gasteiger partial charge is 0.288 e. The van der Waals surface area contributed by atoms with Gasteiger partial charge in [0.25, 0.3) is 11.2 Å².